The molecule has 0 unspecified atom stereocenters. The number of hydrogen-bond acceptors (Lipinski definition) is 3. The monoisotopic (exact) mass is 414 g/mol. The van der Waals surface area contributed by atoms with Crippen LogP contribution in [0.15, 0.2) is 73.1 Å². The molecule has 30 heavy (non-hydrogen) atoms. The quantitative estimate of drug-likeness (QED) is 0.354. The smallest absolute Gasteiger partial charge is 0.337 e. The highest BCUT2D eigenvalue weighted by molar-refractivity contribution is 6.36. The number of benzene rings is 2. The van der Waals surface area contributed by atoms with E-state index < -0.39 is 5.97 Å². The van der Waals surface area contributed by atoms with Crippen molar-refractivity contribution in [1.82, 2.24) is 19.9 Å². The summed E-state index contributed by atoms with van der Waals surface area (Å²) in [4.78, 5) is 27.3. The Morgan fingerprint density at radius 2 is 1.80 bits per heavy atom. The van der Waals surface area contributed by atoms with Crippen LogP contribution >= 0.6 is 11.6 Å². The van der Waals surface area contributed by atoms with E-state index in [0.29, 0.717) is 17.1 Å². The molecule has 0 fully saturated rings. The first-order chi connectivity index (χ1) is 14.6. The molecule has 0 aliphatic heterocycles. The summed E-state index contributed by atoms with van der Waals surface area (Å²) >= 11 is 6.50. The number of aromatic amines is 2. The van der Waals surface area contributed by atoms with Gasteiger partial charge in [0.2, 0.25) is 0 Å². The van der Waals surface area contributed by atoms with Crippen LogP contribution in [0.1, 0.15) is 10.4 Å². The molecular formula is C23H15ClN4O2. The summed E-state index contributed by atoms with van der Waals surface area (Å²) in [6, 6.07) is 18.5. The fraction of sp³-hybridized carbons (Fsp3) is 0. The molecule has 146 valence electrons. The van der Waals surface area contributed by atoms with Crippen molar-refractivity contribution in [3.8, 4) is 33.9 Å². The van der Waals surface area contributed by atoms with Crippen LogP contribution in [0.3, 0.4) is 0 Å². The highest BCUT2D eigenvalue weighted by atomic mass is 35.5. The Hall–Kier alpha value is -3.90. The largest absolute Gasteiger partial charge is 0.478 e. The fourth-order valence-corrected chi connectivity index (χ4v) is 3.85. The van der Waals surface area contributed by atoms with E-state index in [1.54, 1.807) is 18.3 Å². The number of carboxylic acid groups (broad SMARTS) is 1. The zero-order chi connectivity index (χ0) is 20.7. The number of aromatic nitrogens is 4. The van der Waals surface area contributed by atoms with Gasteiger partial charge < -0.3 is 15.1 Å². The van der Waals surface area contributed by atoms with Gasteiger partial charge in [-0.2, -0.15) is 0 Å². The Labute approximate surface area is 176 Å². The summed E-state index contributed by atoms with van der Waals surface area (Å²) in [7, 11) is 0. The maximum atomic E-state index is 11.6. The lowest BCUT2D eigenvalue weighted by atomic mass is 10.0. The van der Waals surface area contributed by atoms with Crippen LogP contribution in [0.5, 0.6) is 0 Å². The lowest BCUT2D eigenvalue weighted by Crippen LogP contribution is -1.98. The molecule has 3 heterocycles. The molecule has 0 spiro atoms. The summed E-state index contributed by atoms with van der Waals surface area (Å²) in [6.45, 7) is 0. The number of nitrogens with one attached hydrogen (secondary N) is 2. The number of H-pyrrole nitrogens is 2. The van der Waals surface area contributed by atoms with Crippen molar-refractivity contribution in [2.75, 3.05) is 0 Å². The Morgan fingerprint density at radius 3 is 2.60 bits per heavy atom. The van der Waals surface area contributed by atoms with E-state index in [0.717, 1.165) is 27.9 Å². The minimum Gasteiger partial charge on any atom is -0.478 e. The Balaban J connectivity index is 1.81. The zero-order valence-corrected chi connectivity index (χ0v) is 16.3. The van der Waals surface area contributed by atoms with Gasteiger partial charge in [-0.25, -0.2) is 14.8 Å². The van der Waals surface area contributed by atoms with Gasteiger partial charge in [0.05, 0.1) is 22.0 Å². The van der Waals surface area contributed by atoms with Crippen molar-refractivity contribution in [1.29, 1.82) is 0 Å². The minimum atomic E-state index is -1.08. The van der Waals surface area contributed by atoms with Gasteiger partial charge in [-0.05, 0) is 18.2 Å². The number of aromatic carboxylic acids is 1. The van der Waals surface area contributed by atoms with Gasteiger partial charge >= 0.3 is 5.97 Å². The topological polar surface area (TPSA) is 94.7 Å². The molecule has 0 aliphatic carbocycles. The molecule has 5 rings (SSSR count). The molecule has 5 aromatic rings. The average molecular weight is 415 g/mol. The minimum absolute atomic E-state index is 0.0332. The summed E-state index contributed by atoms with van der Waals surface area (Å²) in [5.41, 5.74) is 4.45. The molecule has 0 aliphatic rings. The Bertz CT molecular complexity index is 1390. The van der Waals surface area contributed by atoms with Gasteiger partial charge in [-0.1, -0.05) is 54.1 Å². The van der Waals surface area contributed by atoms with Gasteiger partial charge in [-0.3, -0.25) is 0 Å². The number of pyridine rings is 1. The summed E-state index contributed by atoms with van der Waals surface area (Å²) in [5, 5.41) is 10.6. The van der Waals surface area contributed by atoms with Crippen LogP contribution in [0, 0.1) is 0 Å². The molecule has 0 atom stereocenters. The Kier molecular flexibility index (Phi) is 4.34. The maximum Gasteiger partial charge on any atom is 0.337 e. The number of nitrogens with zero attached hydrogens (tertiary/aromatic N) is 2. The standard InChI is InChI=1S/C23H15ClN4O2/c24-18-16(7-4-8-17(18)23(29)30)20-19(14-9-11-25-22-15(14)10-12-26-22)27-21(28-20)13-5-2-1-3-6-13/h1-12H,(H,25,26)(H,27,28)(H,29,30). The number of hydrogen-bond donors (Lipinski definition) is 3. The predicted molar refractivity (Wildman–Crippen MR) is 117 cm³/mol. The maximum absolute atomic E-state index is 11.6. The van der Waals surface area contributed by atoms with Crippen molar-refractivity contribution < 1.29 is 9.90 Å². The second-order valence-electron chi connectivity index (χ2n) is 6.75. The number of carbonyl (C=O) groups is 1. The van der Waals surface area contributed by atoms with E-state index in [4.69, 9.17) is 16.6 Å². The predicted octanol–water partition coefficient (Wildman–Crippen LogP) is 5.64. The van der Waals surface area contributed by atoms with Crippen LogP contribution in [0.4, 0.5) is 0 Å². The second kappa shape index (κ2) is 7.17. The van der Waals surface area contributed by atoms with Crippen molar-refractivity contribution in [2.24, 2.45) is 0 Å². The van der Waals surface area contributed by atoms with Gasteiger partial charge in [-0.15, -0.1) is 0 Å². The van der Waals surface area contributed by atoms with Crippen LogP contribution in [0.2, 0.25) is 5.02 Å². The average Bonchev–Trinajstić information content (AvgIpc) is 3.41. The number of halogens is 1. The number of rotatable bonds is 4. The SMILES string of the molecule is O=C(O)c1cccc(-c2nc(-c3ccccc3)[nH]c2-c2ccnc3[nH]ccc23)c1Cl. The van der Waals surface area contributed by atoms with Gasteiger partial charge in [0.15, 0.2) is 0 Å². The van der Waals surface area contributed by atoms with Crippen LogP contribution < -0.4 is 0 Å². The first kappa shape index (κ1) is 18.1. The highest BCUT2D eigenvalue weighted by Crippen LogP contribution is 2.39. The number of imidazole rings is 1. The molecule has 6 nitrogen and oxygen atoms in total. The first-order valence-corrected chi connectivity index (χ1v) is 9.61. The molecule has 0 bridgehead atoms. The van der Waals surface area contributed by atoms with Gasteiger partial charge in [0.25, 0.3) is 0 Å². The molecule has 7 heteroatoms. The Morgan fingerprint density at radius 1 is 0.967 bits per heavy atom. The van der Waals surface area contributed by atoms with E-state index in [-0.39, 0.29) is 10.6 Å². The van der Waals surface area contributed by atoms with E-state index in [1.165, 1.54) is 6.07 Å². The van der Waals surface area contributed by atoms with E-state index in [2.05, 4.69) is 15.0 Å². The van der Waals surface area contributed by atoms with Gasteiger partial charge in [0, 0.05) is 34.5 Å². The van der Waals surface area contributed by atoms with Crippen molar-refractivity contribution >= 4 is 28.6 Å². The third-order valence-electron chi connectivity index (χ3n) is 4.96. The van der Waals surface area contributed by atoms with Crippen LogP contribution in [0.25, 0.3) is 44.9 Å². The number of fused-ring (bicyclic) bond motifs is 1. The molecule has 0 radical (unpaired) electrons. The first-order valence-electron chi connectivity index (χ1n) is 9.23. The highest BCUT2D eigenvalue weighted by Gasteiger charge is 2.21. The molecule has 0 saturated carbocycles. The van der Waals surface area contributed by atoms with Gasteiger partial charge in [0.1, 0.15) is 11.5 Å². The summed E-state index contributed by atoms with van der Waals surface area (Å²) in [5.74, 6) is -0.419. The van der Waals surface area contributed by atoms with Crippen molar-refractivity contribution in [3.05, 3.63) is 83.6 Å². The lowest BCUT2D eigenvalue weighted by Gasteiger charge is -2.08. The third-order valence-corrected chi connectivity index (χ3v) is 5.37. The van der Waals surface area contributed by atoms with Crippen molar-refractivity contribution in [3.63, 3.8) is 0 Å². The summed E-state index contributed by atoms with van der Waals surface area (Å²) in [6.07, 6.45) is 3.55. The fourth-order valence-electron chi connectivity index (χ4n) is 3.55. The summed E-state index contributed by atoms with van der Waals surface area (Å²) < 4.78 is 0. The lowest BCUT2D eigenvalue weighted by molar-refractivity contribution is 0.0697. The van der Waals surface area contributed by atoms with E-state index in [1.807, 2.05) is 48.7 Å². The van der Waals surface area contributed by atoms with Crippen molar-refractivity contribution in [2.45, 2.75) is 0 Å². The molecule has 3 aromatic heterocycles. The van der Waals surface area contributed by atoms with E-state index in [9.17, 15) is 9.90 Å². The molecule has 0 saturated heterocycles. The number of carboxylic acids is 1. The molecule has 3 N–H and O–H groups in total. The zero-order valence-electron chi connectivity index (χ0n) is 15.6. The van der Waals surface area contributed by atoms with Crippen LogP contribution in [-0.2, 0) is 0 Å². The molecular weight excluding hydrogens is 400 g/mol. The second-order valence-corrected chi connectivity index (χ2v) is 7.12. The van der Waals surface area contributed by atoms with E-state index >= 15 is 0 Å². The molecule has 2 aromatic carbocycles. The normalized spacial score (nSPS) is 11.1. The third kappa shape index (κ3) is 2.94. The van der Waals surface area contributed by atoms with Crippen LogP contribution in [-0.4, -0.2) is 31.0 Å². The molecule has 0 amide bonds.